The Labute approximate surface area is 124 Å². The summed E-state index contributed by atoms with van der Waals surface area (Å²) in [4.78, 5) is 24.0. The molecule has 1 fully saturated rings. The molecule has 1 atom stereocenters. The van der Waals surface area contributed by atoms with Crippen LogP contribution >= 0.6 is 0 Å². The molecule has 1 heterocycles. The molecule has 1 aliphatic heterocycles. The maximum Gasteiger partial charge on any atom is 0.334 e. The fourth-order valence-corrected chi connectivity index (χ4v) is 2.95. The van der Waals surface area contributed by atoms with Gasteiger partial charge in [-0.2, -0.15) is 0 Å². The fourth-order valence-electron chi connectivity index (χ4n) is 2.95. The van der Waals surface area contributed by atoms with Gasteiger partial charge in [-0.1, -0.05) is 31.4 Å². The van der Waals surface area contributed by atoms with Gasteiger partial charge in [0.1, 0.15) is 6.04 Å². The van der Waals surface area contributed by atoms with E-state index in [1.54, 1.807) is 6.07 Å². The van der Waals surface area contributed by atoms with Crippen LogP contribution in [0.3, 0.4) is 0 Å². The van der Waals surface area contributed by atoms with E-state index in [9.17, 15) is 9.59 Å². The molecule has 0 saturated heterocycles. The first kappa shape index (κ1) is 13.9. The Morgan fingerprint density at radius 3 is 2.81 bits per heavy atom. The van der Waals surface area contributed by atoms with Crippen molar-refractivity contribution in [2.24, 2.45) is 0 Å². The Morgan fingerprint density at radius 1 is 1.24 bits per heavy atom. The molecule has 0 bridgehead atoms. The van der Waals surface area contributed by atoms with Crippen molar-refractivity contribution in [1.82, 2.24) is 5.32 Å². The van der Waals surface area contributed by atoms with Crippen LogP contribution in [0.4, 0.5) is 5.69 Å². The zero-order chi connectivity index (χ0) is 14.7. The molecule has 1 saturated carbocycles. The molecule has 1 aromatic carbocycles. The lowest BCUT2D eigenvalue weighted by molar-refractivity contribution is -0.138. The van der Waals surface area contributed by atoms with Crippen molar-refractivity contribution in [3.05, 3.63) is 24.3 Å². The first-order chi connectivity index (χ1) is 10.2. The van der Waals surface area contributed by atoms with Crippen molar-refractivity contribution in [1.29, 1.82) is 0 Å². The maximum absolute atomic E-state index is 12.1. The summed E-state index contributed by atoms with van der Waals surface area (Å²) < 4.78 is 5.25. The predicted octanol–water partition coefficient (Wildman–Crippen LogP) is 2.23. The van der Waals surface area contributed by atoms with Crippen molar-refractivity contribution in [2.45, 2.75) is 50.6 Å². The highest BCUT2D eigenvalue weighted by Crippen LogP contribution is 2.29. The van der Waals surface area contributed by atoms with Crippen LogP contribution in [0.25, 0.3) is 0 Å². The largest absolute Gasteiger partial charge is 0.423 e. The number of fused-ring (bicyclic) bond motifs is 1. The van der Waals surface area contributed by atoms with Gasteiger partial charge in [-0.25, -0.2) is 4.79 Å². The molecule has 1 amide bonds. The predicted molar refractivity (Wildman–Crippen MR) is 79.1 cm³/mol. The van der Waals surface area contributed by atoms with Gasteiger partial charge in [0.15, 0.2) is 5.75 Å². The van der Waals surface area contributed by atoms with Gasteiger partial charge in [-0.15, -0.1) is 0 Å². The zero-order valence-corrected chi connectivity index (χ0v) is 11.9. The first-order valence-electron chi connectivity index (χ1n) is 7.59. The van der Waals surface area contributed by atoms with Gasteiger partial charge in [0.05, 0.1) is 12.1 Å². The Bertz CT molecular complexity index is 538. The molecule has 3 rings (SSSR count). The van der Waals surface area contributed by atoms with E-state index < -0.39 is 12.0 Å². The summed E-state index contributed by atoms with van der Waals surface area (Å²) >= 11 is 0. The minimum atomic E-state index is -0.608. The zero-order valence-electron chi connectivity index (χ0n) is 11.9. The maximum atomic E-state index is 12.1. The lowest BCUT2D eigenvalue weighted by Gasteiger charge is -2.27. The molecular weight excluding hydrogens is 268 g/mol. The van der Waals surface area contributed by atoms with Gasteiger partial charge in [0, 0.05) is 6.04 Å². The number of benzene rings is 1. The second-order valence-electron chi connectivity index (χ2n) is 5.72. The van der Waals surface area contributed by atoms with Crippen molar-refractivity contribution >= 4 is 17.6 Å². The summed E-state index contributed by atoms with van der Waals surface area (Å²) in [5.41, 5.74) is 0.757. The van der Waals surface area contributed by atoms with Crippen molar-refractivity contribution < 1.29 is 14.3 Å². The van der Waals surface area contributed by atoms with E-state index in [0.717, 1.165) is 18.5 Å². The minimum Gasteiger partial charge on any atom is -0.423 e. The van der Waals surface area contributed by atoms with Gasteiger partial charge in [-0.05, 0) is 25.0 Å². The van der Waals surface area contributed by atoms with E-state index in [2.05, 4.69) is 10.6 Å². The van der Waals surface area contributed by atoms with Crippen molar-refractivity contribution in [2.75, 3.05) is 5.32 Å². The summed E-state index contributed by atoms with van der Waals surface area (Å²) in [6, 6.07) is 6.90. The molecule has 0 radical (unpaired) electrons. The second kappa shape index (κ2) is 6.16. The first-order valence-corrected chi connectivity index (χ1v) is 7.59. The van der Waals surface area contributed by atoms with Crippen LogP contribution < -0.4 is 15.4 Å². The number of nitrogens with one attached hydrogen (secondary N) is 2. The highest BCUT2D eigenvalue weighted by molar-refractivity contribution is 5.91. The third-order valence-corrected chi connectivity index (χ3v) is 4.07. The second-order valence-corrected chi connectivity index (χ2v) is 5.72. The monoisotopic (exact) mass is 288 g/mol. The number of carbonyl (C=O) groups is 2. The number of ether oxygens (including phenoxy) is 1. The van der Waals surface area contributed by atoms with Crippen LogP contribution in [0.2, 0.25) is 0 Å². The van der Waals surface area contributed by atoms with Gasteiger partial charge < -0.3 is 15.4 Å². The summed E-state index contributed by atoms with van der Waals surface area (Å²) in [7, 11) is 0. The molecule has 5 heteroatoms. The van der Waals surface area contributed by atoms with Gasteiger partial charge in [0.25, 0.3) is 0 Å². The van der Waals surface area contributed by atoms with Crippen LogP contribution in [0.15, 0.2) is 24.3 Å². The molecule has 2 aliphatic rings. The Hall–Kier alpha value is -2.04. The van der Waals surface area contributed by atoms with Gasteiger partial charge in [0.2, 0.25) is 5.91 Å². The normalized spacial score (nSPS) is 21.9. The number of carbonyl (C=O) groups excluding carboxylic acids is 2. The standard InChI is InChI=1S/C16H20N2O3/c19-15(17-11-6-2-1-3-7-11)10-13-16(20)21-14-9-5-4-8-12(14)18-13/h4-5,8-9,11,13,18H,1-3,6-7,10H2,(H,17,19)/t13-/m1/s1. The molecule has 21 heavy (non-hydrogen) atoms. The highest BCUT2D eigenvalue weighted by atomic mass is 16.5. The molecular formula is C16H20N2O3. The summed E-state index contributed by atoms with van der Waals surface area (Å²) in [6.07, 6.45) is 5.78. The van der Waals surface area contributed by atoms with E-state index in [1.165, 1.54) is 19.3 Å². The van der Waals surface area contributed by atoms with Crippen LogP contribution in [0, 0.1) is 0 Å². The minimum absolute atomic E-state index is 0.0873. The Morgan fingerprint density at radius 2 is 2.00 bits per heavy atom. The number of amides is 1. The lowest BCUT2D eigenvalue weighted by atomic mass is 9.95. The number of hydrogen-bond acceptors (Lipinski definition) is 4. The quantitative estimate of drug-likeness (QED) is 0.661. The van der Waals surface area contributed by atoms with E-state index in [1.807, 2.05) is 18.2 Å². The number of para-hydroxylation sites is 2. The SMILES string of the molecule is O=C(C[C@H]1Nc2ccccc2OC1=O)NC1CCCCC1. The number of hydrogen-bond donors (Lipinski definition) is 2. The smallest absolute Gasteiger partial charge is 0.334 e. The molecule has 0 aromatic heterocycles. The van der Waals surface area contributed by atoms with Gasteiger partial charge in [-0.3, -0.25) is 4.79 Å². The van der Waals surface area contributed by atoms with Crippen LogP contribution in [0.5, 0.6) is 5.75 Å². The topological polar surface area (TPSA) is 67.4 Å². The molecule has 1 aromatic rings. The molecule has 112 valence electrons. The van der Waals surface area contributed by atoms with Crippen LogP contribution in [0.1, 0.15) is 38.5 Å². The number of anilines is 1. The number of rotatable bonds is 3. The molecule has 2 N–H and O–H groups in total. The average Bonchev–Trinajstić information content (AvgIpc) is 2.49. The van der Waals surface area contributed by atoms with E-state index >= 15 is 0 Å². The number of esters is 1. The van der Waals surface area contributed by atoms with Crippen molar-refractivity contribution in [3.8, 4) is 5.75 Å². The molecule has 0 spiro atoms. The lowest BCUT2D eigenvalue weighted by Crippen LogP contribution is -2.44. The van der Waals surface area contributed by atoms with E-state index in [-0.39, 0.29) is 18.4 Å². The summed E-state index contributed by atoms with van der Waals surface area (Å²) in [6.45, 7) is 0. The van der Waals surface area contributed by atoms with Crippen LogP contribution in [-0.2, 0) is 9.59 Å². The Kier molecular flexibility index (Phi) is 4.08. The van der Waals surface area contributed by atoms with E-state index in [4.69, 9.17) is 4.74 Å². The molecule has 1 aliphatic carbocycles. The molecule has 0 unspecified atom stereocenters. The molecule has 5 nitrogen and oxygen atoms in total. The highest BCUT2D eigenvalue weighted by Gasteiger charge is 2.30. The third-order valence-electron chi connectivity index (χ3n) is 4.07. The summed E-state index contributed by atoms with van der Waals surface area (Å²) in [5.74, 6) is 0.0367. The van der Waals surface area contributed by atoms with Crippen LogP contribution in [-0.4, -0.2) is 24.0 Å². The van der Waals surface area contributed by atoms with Gasteiger partial charge >= 0.3 is 5.97 Å². The Balaban J connectivity index is 1.57. The average molecular weight is 288 g/mol. The summed E-state index contributed by atoms with van der Waals surface area (Å²) in [5, 5.41) is 6.10. The third kappa shape index (κ3) is 3.35. The fraction of sp³-hybridized carbons (Fsp3) is 0.500. The van der Waals surface area contributed by atoms with E-state index in [0.29, 0.717) is 5.75 Å². The van der Waals surface area contributed by atoms with Crippen molar-refractivity contribution in [3.63, 3.8) is 0 Å².